The highest BCUT2D eigenvalue weighted by Gasteiger charge is 2.30. The molecule has 1 aromatic carbocycles. The highest BCUT2D eigenvalue weighted by atomic mass is 32.1. The molecule has 0 radical (unpaired) electrons. The van der Waals surface area contributed by atoms with E-state index in [9.17, 15) is 4.39 Å². The van der Waals surface area contributed by atoms with Crippen LogP contribution in [0, 0.1) is 11.2 Å². The normalized spacial score (nSPS) is 16.9. The molecule has 0 amide bonds. The van der Waals surface area contributed by atoms with Gasteiger partial charge in [-0.05, 0) is 42.5 Å². The average molecular weight is 290 g/mol. The standard InChI is InChI=1S/C16H19FN2S/c1-16(7-2-8-16)11-18-9-14-10-20-15(19-14)12-3-5-13(17)6-4-12/h3-6,10,18H,2,7-9,11H2,1H3. The van der Waals surface area contributed by atoms with E-state index in [1.807, 2.05) is 0 Å². The van der Waals surface area contributed by atoms with Crippen LogP contribution < -0.4 is 5.32 Å². The van der Waals surface area contributed by atoms with E-state index >= 15 is 0 Å². The van der Waals surface area contributed by atoms with Crippen LogP contribution in [0.1, 0.15) is 31.9 Å². The quantitative estimate of drug-likeness (QED) is 0.891. The molecular weight excluding hydrogens is 271 g/mol. The van der Waals surface area contributed by atoms with Crippen LogP contribution in [0.5, 0.6) is 0 Å². The zero-order valence-electron chi connectivity index (χ0n) is 11.7. The molecule has 1 heterocycles. The van der Waals surface area contributed by atoms with Crippen LogP contribution in [0.2, 0.25) is 0 Å². The Morgan fingerprint density at radius 3 is 2.70 bits per heavy atom. The Labute approximate surface area is 123 Å². The Balaban J connectivity index is 1.57. The van der Waals surface area contributed by atoms with Crippen LogP contribution in [0.25, 0.3) is 10.6 Å². The van der Waals surface area contributed by atoms with Crippen molar-refractivity contribution in [3.8, 4) is 10.6 Å². The largest absolute Gasteiger partial charge is 0.311 e. The third-order valence-electron chi connectivity index (χ3n) is 4.06. The SMILES string of the molecule is CC1(CNCc2csc(-c3ccc(F)cc3)n2)CCC1. The molecule has 2 nitrogen and oxygen atoms in total. The van der Waals surface area contributed by atoms with Crippen LogP contribution in [-0.2, 0) is 6.54 Å². The lowest BCUT2D eigenvalue weighted by Gasteiger charge is -2.38. The number of benzene rings is 1. The Kier molecular flexibility index (Phi) is 3.85. The number of halogens is 1. The van der Waals surface area contributed by atoms with Gasteiger partial charge in [-0.3, -0.25) is 0 Å². The molecule has 0 saturated heterocycles. The van der Waals surface area contributed by atoms with E-state index in [0.717, 1.165) is 29.4 Å². The van der Waals surface area contributed by atoms with Crippen molar-refractivity contribution >= 4 is 11.3 Å². The van der Waals surface area contributed by atoms with Crippen molar-refractivity contribution in [3.05, 3.63) is 41.2 Å². The lowest BCUT2D eigenvalue weighted by Crippen LogP contribution is -2.37. The monoisotopic (exact) mass is 290 g/mol. The van der Waals surface area contributed by atoms with Crippen LogP contribution in [0.3, 0.4) is 0 Å². The summed E-state index contributed by atoms with van der Waals surface area (Å²) in [6, 6.07) is 6.51. The summed E-state index contributed by atoms with van der Waals surface area (Å²) in [5.41, 5.74) is 2.54. The molecule has 2 aromatic rings. The Morgan fingerprint density at radius 1 is 1.30 bits per heavy atom. The third kappa shape index (κ3) is 3.07. The van der Waals surface area contributed by atoms with Crippen molar-refractivity contribution in [1.82, 2.24) is 10.3 Å². The number of thiazole rings is 1. The van der Waals surface area contributed by atoms with Crippen molar-refractivity contribution in [3.63, 3.8) is 0 Å². The number of hydrogen-bond donors (Lipinski definition) is 1. The van der Waals surface area contributed by atoms with Crippen LogP contribution >= 0.6 is 11.3 Å². The maximum absolute atomic E-state index is 12.9. The molecule has 0 bridgehead atoms. The number of nitrogens with one attached hydrogen (secondary N) is 1. The molecule has 0 spiro atoms. The molecule has 20 heavy (non-hydrogen) atoms. The maximum Gasteiger partial charge on any atom is 0.123 e. The first kappa shape index (κ1) is 13.7. The van der Waals surface area contributed by atoms with Gasteiger partial charge >= 0.3 is 0 Å². The minimum atomic E-state index is -0.207. The molecule has 106 valence electrons. The fourth-order valence-corrected chi connectivity index (χ4v) is 3.39. The smallest absolute Gasteiger partial charge is 0.123 e. The summed E-state index contributed by atoms with van der Waals surface area (Å²) >= 11 is 1.61. The van der Waals surface area contributed by atoms with Crippen LogP contribution in [0.15, 0.2) is 29.6 Å². The Morgan fingerprint density at radius 2 is 2.05 bits per heavy atom. The number of nitrogens with zero attached hydrogens (tertiary/aromatic N) is 1. The zero-order chi connectivity index (χ0) is 14.0. The number of aromatic nitrogens is 1. The van der Waals surface area contributed by atoms with Gasteiger partial charge in [0.25, 0.3) is 0 Å². The first-order valence-corrected chi connectivity index (χ1v) is 7.94. The molecule has 1 aliphatic rings. The molecule has 3 rings (SSSR count). The second kappa shape index (κ2) is 5.62. The highest BCUT2D eigenvalue weighted by Crippen LogP contribution is 2.39. The summed E-state index contributed by atoms with van der Waals surface area (Å²) in [5, 5.41) is 6.54. The van der Waals surface area contributed by atoms with Crippen LogP contribution in [-0.4, -0.2) is 11.5 Å². The second-order valence-electron chi connectivity index (χ2n) is 5.92. The van der Waals surface area contributed by atoms with E-state index in [1.54, 1.807) is 23.5 Å². The van der Waals surface area contributed by atoms with Gasteiger partial charge in [0.15, 0.2) is 0 Å². The van der Waals surface area contributed by atoms with Gasteiger partial charge in [-0.1, -0.05) is 13.3 Å². The second-order valence-corrected chi connectivity index (χ2v) is 6.78. The molecule has 0 aliphatic heterocycles. The molecular formula is C16H19FN2S. The van der Waals surface area contributed by atoms with E-state index in [0.29, 0.717) is 5.41 Å². The Hall–Kier alpha value is -1.26. The van der Waals surface area contributed by atoms with Gasteiger partial charge in [-0.25, -0.2) is 9.37 Å². The van der Waals surface area contributed by atoms with E-state index < -0.39 is 0 Å². The van der Waals surface area contributed by atoms with Gasteiger partial charge in [0.2, 0.25) is 0 Å². The van der Waals surface area contributed by atoms with Crippen molar-refractivity contribution < 1.29 is 4.39 Å². The van der Waals surface area contributed by atoms with Gasteiger partial charge < -0.3 is 5.32 Å². The molecule has 4 heteroatoms. The minimum absolute atomic E-state index is 0.207. The van der Waals surface area contributed by atoms with E-state index in [2.05, 4.69) is 22.6 Å². The summed E-state index contributed by atoms with van der Waals surface area (Å²) < 4.78 is 12.9. The molecule has 1 aromatic heterocycles. The molecule has 0 atom stereocenters. The minimum Gasteiger partial charge on any atom is -0.311 e. The van der Waals surface area contributed by atoms with E-state index in [-0.39, 0.29) is 5.82 Å². The lowest BCUT2D eigenvalue weighted by atomic mass is 9.70. The summed E-state index contributed by atoms with van der Waals surface area (Å²) in [7, 11) is 0. The summed E-state index contributed by atoms with van der Waals surface area (Å²) in [5.74, 6) is -0.207. The highest BCUT2D eigenvalue weighted by molar-refractivity contribution is 7.13. The lowest BCUT2D eigenvalue weighted by molar-refractivity contribution is 0.156. The van der Waals surface area contributed by atoms with Crippen LogP contribution in [0.4, 0.5) is 4.39 Å². The number of rotatable bonds is 5. The first-order valence-electron chi connectivity index (χ1n) is 7.06. The predicted molar refractivity (Wildman–Crippen MR) is 81.2 cm³/mol. The molecule has 1 fully saturated rings. The van der Waals surface area contributed by atoms with Gasteiger partial charge in [0, 0.05) is 24.0 Å². The van der Waals surface area contributed by atoms with Gasteiger partial charge in [-0.2, -0.15) is 0 Å². The average Bonchev–Trinajstić information content (AvgIpc) is 2.86. The van der Waals surface area contributed by atoms with Gasteiger partial charge in [0.05, 0.1) is 5.69 Å². The van der Waals surface area contributed by atoms with Gasteiger partial charge in [-0.15, -0.1) is 11.3 Å². The Bertz CT molecular complexity index is 572. The van der Waals surface area contributed by atoms with Crippen molar-refractivity contribution in [1.29, 1.82) is 0 Å². The van der Waals surface area contributed by atoms with E-state index in [4.69, 9.17) is 0 Å². The fourth-order valence-electron chi connectivity index (χ4n) is 2.56. The topological polar surface area (TPSA) is 24.9 Å². The maximum atomic E-state index is 12.9. The molecule has 1 saturated carbocycles. The predicted octanol–water partition coefficient (Wildman–Crippen LogP) is 4.23. The summed E-state index contributed by atoms with van der Waals surface area (Å²) in [6.07, 6.45) is 4.03. The number of hydrogen-bond acceptors (Lipinski definition) is 3. The third-order valence-corrected chi connectivity index (χ3v) is 5.00. The zero-order valence-corrected chi connectivity index (χ0v) is 12.5. The first-order chi connectivity index (χ1) is 9.65. The van der Waals surface area contributed by atoms with Crippen molar-refractivity contribution in [2.45, 2.75) is 32.7 Å². The van der Waals surface area contributed by atoms with E-state index in [1.165, 1.54) is 31.4 Å². The van der Waals surface area contributed by atoms with Gasteiger partial charge in [0.1, 0.15) is 10.8 Å². The molecule has 0 unspecified atom stereocenters. The summed E-state index contributed by atoms with van der Waals surface area (Å²) in [6.45, 7) is 4.22. The van der Waals surface area contributed by atoms with Crippen molar-refractivity contribution in [2.75, 3.05) is 6.54 Å². The van der Waals surface area contributed by atoms with Crippen molar-refractivity contribution in [2.24, 2.45) is 5.41 Å². The molecule has 1 aliphatic carbocycles. The summed E-state index contributed by atoms with van der Waals surface area (Å²) in [4.78, 5) is 4.61. The fraction of sp³-hybridized carbons (Fsp3) is 0.438. The molecule has 1 N–H and O–H groups in total.